The molecule has 0 atom stereocenters. The monoisotopic (exact) mass is 376 g/mol. The summed E-state index contributed by atoms with van der Waals surface area (Å²) >= 11 is 11.5. The number of anilines is 1. The lowest BCUT2D eigenvalue weighted by atomic mass is 10.2. The summed E-state index contributed by atoms with van der Waals surface area (Å²) in [5, 5.41) is 5.40. The van der Waals surface area contributed by atoms with Crippen molar-refractivity contribution in [3.8, 4) is 0 Å². The van der Waals surface area contributed by atoms with Crippen LogP contribution in [0.3, 0.4) is 0 Å². The molecule has 24 heavy (non-hydrogen) atoms. The topological polar surface area (TPSA) is 41.1 Å². The molecule has 8 heteroatoms. The Morgan fingerprint density at radius 3 is 2.42 bits per heavy atom. The van der Waals surface area contributed by atoms with Gasteiger partial charge in [-0.25, -0.2) is 0 Å². The zero-order valence-corrected chi connectivity index (χ0v) is 13.8. The molecule has 0 bridgehead atoms. The van der Waals surface area contributed by atoms with E-state index in [0.29, 0.717) is 5.02 Å². The highest BCUT2D eigenvalue weighted by atomic mass is 35.5. The van der Waals surface area contributed by atoms with Crippen molar-refractivity contribution >= 4 is 34.8 Å². The number of alkyl halides is 3. The van der Waals surface area contributed by atoms with Gasteiger partial charge in [0.05, 0.1) is 17.1 Å². The normalized spacial score (nSPS) is 11.2. The number of nitrogens with one attached hydrogen (secondary N) is 2. The quantitative estimate of drug-likeness (QED) is 0.790. The summed E-state index contributed by atoms with van der Waals surface area (Å²) in [7, 11) is 0. The van der Waals surface area contributed by atoms with Crippen molar-refractivity contribution in [1.82, 2.24) is 5.32 Å². The molecule has 0 aliphatic carbocycles. The number of hydrogen-bond donors (Lipinski definition) is 2. The highest BCUT2D eigenvalue weighted by Crippen LogP contribution is 2.36. The van der Waals surface area contributed by atoms with Crippen molar-refractivity contribution in [2.24, 2.45) is 0 Å². The first-order valence-corrected chi connectivity index (χ1v) is 7.63. The molecule has 0 fully saturated rings. The van der Waals surface area contributed by atoms with Crippen LogP contribution in [0.2, 0.25) is 10.0 Å². The summed E-state index contributed by atoms with van der Waals surface area (Å²) < 4.78 is 38.3. The van der Waals surface area contributed by atoms with Crippen molar-refractivity contribution in [2.45, 2.75) is 12.7 Å². The smallest absolute Gasteiger partial charge is 0.376 e. The summed E-state index contributed by atoms with van der Waals surface area (Å²) in [6.45, 7) is 0.0536. The molecule has 0 saturated heterocycles. The minimum Gasteiger partial charge on any atom is -0.376 e. The first-order valence-electron chi connectivity index (χ1n) is 6.88. The summed E-state index contributed by atoms with van der Waals surface area (Å²) in [6, 6.07) is 10.4. The highest BCUT2D eigenvalue weighted by Gasteiger charge is 2.33. The molecule has 0 radical (unpaired) electrons. The van der Waals surface area contributed by atoms with Gasteiger partial charge in [0.1, 0.15) is 0 Å². The number of carbonyl (C=O) groups excluding carboxylic acids is 1. The summed E-state index contributed by atoms with van der Waals surface area (Å²) in [6.07, 6.45) is -4.55. The van der Waals surface area contributed by atoms with Crippen LogP contribution in [-0.2, 0) is 17.5 Å². The molecule has 0 saturated carbocycles. The van der Waals surface area contributed by atoms with Gasteiger partial charge >= 0.3 is 6.18 Å². The van der Waals surface area contributed by atoms with Crippen LogP contribution in [0.15, 0.2) is 42.5 Å². The molecule has 0 aliphatic rings. The van der Waals surface area contributed by atoms with Gasteiger partial charge in [-0.1, -0.05) is 41.4 Å². The van der Waals surface area contributed by atoms with Crippen LogP contribution >= 0.6 is 23.2 Å². The number of halogens is 5. The SMILES string of the molecule is O=C(CNc1ccc(Cl)c(C(F)(F)F)c1)NCc1ccccc1Cl. The lowest BCUT2D eigenvalue weighted by molar-refractivity contribution is -0.137. The second-order valence-electron chi connectivity index (χ2n) is 4.91. The predicted molar refractivity (Wildman–Crippen MR) is 88.2 cm³/mol. The molecule has 0 spiro atoms. The minimum atomic E-state index is -4.55. The largest absolute Gasteiger partial charge is 0.417 e. The Bertz CT molecular complexity index is 736. The van der Waals surface area contributed by atoms with Crippen molar-refractivity contribution in [1.29, 1.82) is 0 Å². The van der Waals surface area contributed by atoms with Crippen molar-refractivity contribution < 1.29 is 18.0 Å². The number of benzene rings is 2. The Hall–Kier alpha value is -1.92. The first-order chi connectivity index (χ1) is 11.3. The van der Waals surface area contributed by atoms with Gasteiger partial charge in [-0.15, -0.1) is 0 Å². The van der Waals surface area contributed by atoms with Crippen LogP contribution in [0.1, 0.15) is 11.1 Å². The second kappa shape index (κ2) is 7.77. The number of amides is 1. The molecule has 1 amide bonds. The molecule has 2 aromatic rings. The number of rotatable bonds is 5. The van der Waals surface area contributed by atoms with Gasteiger partial charge in [-0.3, -0.25) is 4.79 Å². The highest BCUT2D eigenvalue weighted by molar-refractivity contribution is 6.31. The van der Waals surface area contributed by atoms with E-state index in [1.165, 1.54) is 6.07 Å². The van der Waals surface area contributed by atoms with Crippen molar-refractivity contribution in [2.75, 3.05) is 11.9 Å². The van der Waals surface area contributed by atoms with Gasteiger partial charge < -0.3 is 10.6 Å². The zero-order valence-electron chi connectivity index (χ0n) is 12.3. The van der Waals surface area contributed by atoms with E-state index in [4.69, 9.17) is 23.2 Å². The van der Waals surface area contributed by atoms with Gasteiger partial charge in [0.25, 0.3) is 0 Å². The fourth-order valence-electron chi connectivity index (χ4n) is 1.93. The lowest BCUT2D eigenvalue weighted by Crippen LogP contribution is -2.29. The minimum absolute atomic E-state index is 0.152. The maximum atomic E-state index is 12.8. The summed E-state index contributed by atoms with van der Waals surface area (Å²) in [5.74, 6) is -0.376. The third kappa shape index (κ3) is 5.04. The molecule has 0 aliphatic heterocycles. The predicted octanol–water partition coefficient (Wildman–Crippen LogP) is 4.74. The Morgan fingerprint density at radius 2 is 1.75 bits per heavy atom. The standard InChI is InChI=1S/C16H13Cl2F3N2O/c17-13-4-2-1-3-10(13)8-23-15(24)9-22-11-5-6-14(18)12(7-11)16(19,20)21/h1-7,22H,8-9H2,(H,23,24). The molecule has 2 N–H and O–H groups in total. The molecule has 2 rings (SSSR count). The van der Waals surface area contributed by atoms with Crippen molar-refractivity contribution in [3.05, 3.63) is 63.6 Å². The lowest BCUT2D eigenvalue weighted by Gasteiger charge is -2.12. The van der Waals surface area contributed by atoms with E-state index in [1.54, 1.807) is 24.3 Å². The molecule has 128 valence electrons. The Morgan fingerprint density at radius 1 is 1.04 bits per heavy atom. The third-order valence-electron chi connectivity index (χ3n) is 3.16. The van der Waals surface area contributed by atoms with E-state index >= 15 is 0 Å². The third-order valence-corrected chi connectivity index (χ3v) is 3.86. The van der Waals surface area contributed by atoms with E-state index < -0.39 is 16.8 Å². The fourth-order valence-corrected chi connectivity index (χ4v) is 2.36. The molecule has 0 aromatic heterocycles. The van der Waals surface area contributed by atoms with Gasteiger partial charge in [-0.2, -0.15) is 13.2 Å². The van der Waals surface area contributed by atoms with E-state index in [1.807, 2.05) is 0 Å². The average Bonchev–Trinajstić information content (AvgIpc) is 2.52. The van der Waals surface area contributed by atoms with Gasteiger partial charge in [0.2, 0.25) is 5.91 Å². The van der Waals surface area contributed by atoms with Crippen LogP contribution in [-0.4, -0.2) is 12.5 Å². The molecule has 0 unspecified atom stereocenters. The van der Waals surface area contributed by atoms with Crippen LogP contribution in [0, 0.1) is 0 Å². The van der Waals surface area contributed by atoms with E-state index in [0.717, 1.165) is 17.7 Å². The zero-order chi connectivity index (χ0) is 17.7. The molecule has 3 nitrogen and oxygen atoms in total. The first kappa shape index (κ1) is 18.4. The van der Waals surface area contributed by atoms with Crippen LogP contribution in [0.25, 0.3) is 0 Å². The van der Waals surface area contributed by atoms with E-state index in [-0.39, 0.29) is 24.7 Å². The Labute approximate surface area is 146 Å². The summed E-state index contributed by atoms with van der Waals surface area (Å²) in [4.78, 5) is 11.8. The Balaban J connectivity index is 1.91. The number of hydrogen-bond acceptors (Lipinski definition) is 2. The maximum Gasteiger partial charge on any atom is 0.417 e. The van der Waals surface area contributed by atoms with Gasteiger partial charge in [0, 0.05) is 17.3 Å². The molecule has 0 heterocycles. The molecule has 2 aromatic carbocycles. The van der Waals surface area contributed by atoms with Crippen LogP contribution < -0.4 is 10.6 Å². The summed E-state index contributed by atoms with van der Waals surface area (Å²) in [5.41, 5.74) is -0.0522. The van der Waals surface area contributed by atoms with Gasteiger partial charge in [-0.05, 0) is 29.8 Å². The number of carbonyl (C=O) groups is 1. The van der Waals surface area contributed by atoms with Gasteiger partial charge in [0.15, 0.2) is 0 Å². The molecular weight excluding hydrogens is 364 g/mol. The van der Waals surface area contributed by atoms with Crippen molar-refractivity contribution in [3.63, 3.8) is 0 Å². The molecular formula is C16H13Cl2F3N2O. The second-order valence-corrected chi connectivity index (χ2v) is 5.73. The Kier molecular flexibility index (Phi) is 5.96. The van der Waals surface area contributed by atoms with E-state index in [2.05, 4.69) is 10.6 Å². The van der Waals surface area contributed by atoms with Crippen LogP contribution in [0.4, 0.5) is 18.9 Å². The average molecular weight is 377 g/mol. The maximum absolute atomic E-state index is 12.8. The van der Waals surface area contributed by atoms with E-state index in [9.17, 15) is 18.0 Å². The van der Waals surface area contributed by atoms with Crippen LogP contribution in [0.5, 0.6) is 0 Å². The fraction of sp³-hybridized carbons (Fsp3) is 0.188.